The second kappa shape index (κ2) is 8.46. The van der Waals surface area contributed by atoms with Crippen LogP contribution in [-0.2, 0) is 4.79 Å². The maximum atomic E-state index is 13.1. The summed E-state index contributed by atoms with van der Waals surface area (Å²) in [5, 5.41) is 11.2. The SMILES string of the molecule is C[C@@H](Oc1cccc(Cl)c1)C(=O)N/N=C\c1cn[nH]c1-c1ccc(F)cc1. The predicted molar refractivity (Wildman–Crippen MR) is 101 cm³/mol. The van der Waals surface area contributed by atoms with E-state index < -0.39 is 12.0 Å². The number of H-pyrrole nitrogens is 1. The van der Waals surface area contributed by atoms with E-state index in [2.05, 4.69) is 20.7 Å². The maximum absolute atomic E-state index is 13.1. The summed E-state index contributed by atoms with van der Waals surface area (Å²) in [5.41, 5.74) is 4.47. The van der Waals surface area contributed by atoms with E-state index in [1.807, 2.05) is 0 Å². The molecule has 1 heterocycles. The molecule has 0 aliphatic rings. The van der Waals surface area contributed by atoms with Crippen LogP contribution in [-0.4, -0.2) is 28.4 Å². The lowest BCUT2D eigenvalue weighted by Crippen LogP contribution is -2.33. The Morgan fingerprint density at radius 3 is 2.85 bits per heavy atom. The Balaban J connectivity index is 1.61. The molecular weight excluding hydrogens is 371 g/mol. The van der Waals surface area contributed by atoms with E-state index in [0.29, 0.717) is 22.0 Å². The Bertz CT molecular complexity index is 956. The first kappa shape index (κ1) is 18.6. The van der Waals surface area contributed by atoms with Crippen molar-refractivity contribution in [3.05, 3.63) is 71.1 Å². The number of carbonyl (C=O) groups excluding carboxylic acids is 1. The third kappa shape index (κ3) is 4.92. The van der Waals surface area contributed by atoms with Crippen LogP contribution in [0.5, 0.6) is 5.75 Å². The fourth-order valence-corrected chi connectivity index (χ4v) is 2.48. The van der Waals surface area contributed by atoms with Crippen molar-refractivity contribution in [3.8, 4) is 17.0 Å². The lowest BCUT2D eigenvalue weighted by molar-refractivity contribution is -0.127. The number of hydrogen-bond donors (Lipinski definition) is 2. The van der Waals surface area contributed by atoms with Gasteiger partial charge in [-0.2, -0.15) is 10.2 Å². The zero-order valence-corrected chi connectivity index (χ0v) is 15.1. The topological polar surface area (TPSA) is 79.4 Å². The van der Waals surface area contributed by atoms with Crippen molar-refractivity contribution < 1.29 is 13.9 Å². The van der Waals surface area contributed by atoms with Crippen molar-refractivity contribution in [2.75, 3.05) is 0 Å². The molecular formula is C19H16ClFN4O2. The molecule has 0 unspecified atom stereocenters. The van der Waals surface area contributed by atoms with Gasteiger partial charge < -0.3 is 4.74 Å². The minimum absolute atomic E-state index is 0.325. The van der Waals surface area contributed by atoms with E-state index in [1.165, 1.54) is 18.3 Å². The van der Waals surface area contributed by atoms with Gasteiger partial charge in [0.2, 0.25) is 0 Å². The van der Waals surface area contributed by atoms with Crippen LogP contribution in [0.3, 0.4) is 0 Å². The van der Waals surface area contributed by atoms with Gasteiger partial charge in [0.1, 0.15) is 11.6 Å². The highest BCUT2D eigenvalue weighted by Gasteiger charge is 2.14. The van der Waals surface area contributed by atoms with Crippen LogP contribution >= 0.6 is 11.6 Å². The summed E-state index contributed by atoms with van der Waals surface area (Å²) in [6.45, 7) is 1.60. The predicted octanol–water partition coefficient (Wildman–Crippen LogP) is 3.79. The molecule has 0 aliphatic carbocycles. The molecule has 0 saturated heterocycles. The first-order valence-corrected chi connectivity index (χ1v) is 8.45. The van der Waals surface area contributed by atoms with Gasteiger partial charge >= 0.3 is 0 Å². The Morgan fingerprint density at radius 2 is 2.11 bits per heavy atom. The number of nitrogens with zero attached hydrogens (tertiary/aromatic N) is 2. The quantitative estimate of drug-likeness (QED) is 0.499. The molecule has 2 aromatic carbocycles. The van der Waals surface area contributed by atoms with E-state index >= 15 is 0 Å². The minimum atomic E-state index is -0.762. The number of ether oxygens (including phenoxy) is 1. The average Bonchev–Trinajstić information content (AvgIpc) is 3.10. The molecule has 0 fully saturated rings. The number of benzene rings is 2. The molecule has 1 aromatic heterocycles. The normalized spacial score (nSPS) is 12.1. The molecule has 1 amide bonds. The molecule has 2 N–H and O–H groups in total. The van der Waals surface area contributed by atoms with Gasteiger partial charge in [0.15, 0.2) is 6.10 Å². The molecule has 3 rings (SSSR count). The lowest BCUT2D eigenvalue weighted by Gasteiger charge is -2.12. The molecule has 3 aromatic rings. The largest absolute Gasteiger partial charge is 0.481 e. The number of aromatic nitrogens is 2. The number of hydrogen-bond acceptors (Lipinski definition) is 4. The van der Waals surface area contributed by atoms with E-state index in [4.69, 9.17) is 16.3 Å². The van der Waals surface area contributed by atoms with Crippen LogP contribution in [0, 0.1) is 5.82 Å². The Hall–Kier alpha value is -3.19. The zero-order valence-electron chi connectivity index (χ0n) is 14.3. The zero-order chi connectivity index (χ0) is 19.2. The second-order valence-electron chi connectivity index (χ2n) is 5.66. The molecule has 1 atom stereocenters. The van der Waals surface area contributed by atoms with Gasteiger partial charge in [-0.1, -0.05) is 17.7 Å². The van der Waals surface area contributed by atoms with Gasteiger partial charge in [-0.05, 0) is 49.4 Å². The van der Waals surface area contributed by atoms with Crippen molar-refractivity contribution in [1.82, 2.24) is 15.6 Å². The van der Waals surface area contributed by atoms with Gasteiger partial charge in [-0.25, -0.2) is 9.82 Å². The summed E-state index contributed by atoms with van der Waals surface area (Å²) in [6, 6.07) is 12.7. The minimum Gasteiger partial charge on any atom is -0.481 e. The van der Waals surface area contributed by atoms with Crippen molar-refractivity contribution in [2.24, 2.45) is 5.10 Å². The van der Waals surface area contributed by atoms with Crippen LogP contribution < -0.4 is 10.2 Å². The van der Waals surface area contributed by atoms with E-state index in [9.17, 15) is 9.18 Å². The molecule has 0 bridgehead atoms. The number of aromatic amines is 1. The molecule has 138 valence electrons. The van der Waals surface area contributed by atoms with Crippen LogP contribution in [0.2, 0.25) is 5.02 Å². The van der Waals surface area contributed by atoms with Crippen LogP contribution in [0.25, 0.3) is 11.3 Å². The highest BCUT2D eigenvalue weighted by atomic mass is 35.5. The highest BCUT2D eigenvalue weighted by molar-refractivity contribution is 6.30. The van der Waals surface area contributed by atoms with E-state index in [0.717, 1.165) is 5.56 Å². The van der Waals surface area contributed by atoms with E-state index in [-0.39, 0.29) is 5.82 Å². The Labute approximate surface area is 160 Å². The number of hydrazone groups is 1. The molecule has 0 saturated carbocycles. The Kier molecular flexibility index (Phi) is 5.83. The lowest BCUT2D eigenvalue weighted by atomic mass is 10.1. The van der Waals surface area contributed by atoms with Crippen molar-refractivity contribution in [3.63, 3.8) is 0 Å². The van der Waals surface area contributed by atoms with Crippen LogP contribution in [0.1, 0.15) is 12.5 Å². The number of halogens is 2. The van der Waals surface area contributed by atoms with Gasteiger partial charge in [-0.3, -0.25) is 9.89 Å². The van der Waals surface area contributed by atoms with Crippen molar-refractivity contribution >= 4 is 23.7 Å². The molecule has 0 aliphatic heterocycles. The highest BCUT2D eigenvalue weighted by Crippen LogP contribution is 2.20. The third-order valence-corrected chi connectivity index (χ3v) is 3.89. The molecule has 0 radical (unpaired) electrons. The van der Waals surface area contributed by atoms with Gasteiger partial charge in [0.25, 0.3) is 5.91 Å². The maximum Gasteiger partial charge on any atom is 0.280 e. The molecule has 8 heteroatoms. The van der Waals surface area contributed by atoms with Crippen LogP contribution in [0.15, 0.2) is 59.8 Å². The smallest absolute Gasteiger partial charge is 0.280 e. The first-order valence-electron chi connectivity index (χ1n) is 8.07. The first-order chi connectivity index (χ1) is 13.0. The van der Waals surface area contributed by atoms with Gasteiger partial charge in [0.05, 0.1) is 18.1 Å². The van der Waals surface area contributed by atoms with Crippen molar-refractivity contribution in [2.45, 2.75) is 13.0 Å². The summed E-state index contributed by atoms with van der Waals surface area (Å²) in [4.78, 5) is 12.1. The summed E-state index contributed by atoms with van der Waals surface area (Å²) in [5.74, 6) is -0.255. The standard InChI is InChI=1S/C19H16ClFN4O2/c1-12(27-17-4-2-3-15(20)9-17)19(26)25-23-11-14-10-22-24-18(14)13-5-7-16(21)8-6-13/h2-12H,1H3,(H,22,24)(H,25,26)/b23-11-/t12-/m1/s1. The Morgan fingerprint density at radius 1 is 1.33 bits per heavy atom. The summed E-state index contributed by atoms with van der Waals surface area (Å²) < 4.78 is 18.6. The third-order valence-electron chi connectivity index (χ3n) is 3.66. The van der Waals surface area contributed by atoms with Gasteiger partial charge in [0, 0.05) is 16.1 Å². The summed E-state index contributed by atoms with van der Waals surface area (Å²) in [7, 11) is 0. The monoisotopic (exact) mass is 386 g/mol. The van der Waals surface area contributed by atoms with Gasteiger partial charge in [-0.15, -0.1) is 0 Å². The number of amides is 1. The number of carbonyl (C=O) groups is 1. The summed E-state index contributed by atoms with van der Waals surface area (Å²) in [6.07, 6.45) is 2.24. The fourth-order valence-electron chi connectivity index (χ4n) is 2.30. The molecule has 0 spiro atoms. The number of nitrogens with one attached hydrogen (secondary N) is 2. The molecule has 6 nitrogen and oxygen atoms in total. The van der Waals surface area contributed by atoms with E-state index in [1.54, 1.807) is 49.5 Å². The summed E-state index contributed by atoms with van der Waals surface area (Å²) >= 11 is 5.89. The number of rotatable bonds is 6. The fraction of sp³-hybridized carbons (Fsp3) is 0.105. The van der Waals surface area contributed by atoms with Crippen molar-refractivity contribution in [1.29, 1.82) is 0 Å². The second-order valence-corrected chi connectivity index (χ2v) is 6.10. The van der Waals surface area contributed by atoms with Crippen LogP contribution in [0.4, 0.5) is 4.39 Å². The average molecular weight is 387 g/mol. The molecule has 27 heavy (non-hydrogen) atoms.